The predicted molar refractivity (Wildman–Crippen MR) is 36.5 cm³/mol. The van der Waals surface area contributed by atoms with Crippen LogP contribution in [0.15, 0.2) is 11.6 Å². The number of allylic oxidation sites excluding steroid dienone is 1. The van der Waals surface area contributed by atoms with Gasteiger partial charge in [-0.05, 0) is 18.6 Å². The highest BCUT2D eigenvalue weighted by molar-refractivity contribution is 5.72. The molecule has 0 heterocycles. The average Bonchev–Trinajstić information content (AvgIpc) is 1.87. The molecule has 0 fully saturated rings. The van der Waals surface area contributed by atoms with Gasteiger partial charge in [-0.25, -0.2) is 0 Å². The van der Waals surface area contributed by atoms with Gasteiger partial charge in [-0.3, -0.25) is 9.59 Å². The molecule has 0 rings (SSSR count). The third-order valence-electron chi connectivity index (χ3n) is 0.878. The van der Waals surface area contributed by atoms with Crippen molar-refractivity contribution in [3.05, 3.63) is 11.6 Å². The minimum Gasteiger partial charge on any atom is -0.462 e. The summed E-state index contributed by atoms with van der Waals surface area (Å²) < 4.78 is 4.54. The second-order valence-corrected chi connectivity index (χ2v) is 1.87. The molecular formula is C7H10O3. The van der Waals surface area contributed by atoms with Gasteiger partial charge in [0.25, 0.3) is 0 Å². The molecule has 0 bridgehead atoms. The SMILES string of the molecule is CC(=O)OC/C=C(\C)C=O. The van der Waals surface area contributed by atoms with E-state index in [-0.39, 0.29) is 12.6 Å². The van der Waals surface area contributed by atoms with Crippen LogP contribution < -0.4 is 0 Å². The summed E-state index contributed by atoms with van der Waals surface area (Å²) in [5.41, 5.74) is 0.571. The zero-order valence-electron chi connectivity index (χ0n) is 6.09. The van der Waals surface area contributed by atoms with E-state index in [9.17, 15) is 9.59 Å². The van der Waals surface area contributed by atoms with E-state index in [1.165, 1.54) is 6.92 Å². The first-order valence-corrected chi connectivity index (χ1v) is 2.92. The molecule has 0 aliphatic heterocycles. The molecule has 0 aliphatic carbocycles. The molecule has 0 unspecified atom stereocenters. The van der Waals surface area contributed by atoms with Gasteiger partial charge in [-0.2, -0.15) is 0 Å². The molecule has 0 radical (unpaired) electrons. The highest BCUT2D eigenvalue weighted by Gasteiger charge is 1.88. The van der Waals surface area contributed by atoms with Crippen molar-refractivity contribution in [3.8, 4) is 0 Å². The summed E-state index contributed by atoms with van der Waals surface area (Å²) in [5.74, 6) is -0.338. The number of rotatable bonds is 3. The van der Waals surface area contributed by atoms with Crippen LogP contribution in [0.25, 0.3) is 0 Å². The summed E-state index contributed by atoms with van der Waals surface area (Å²) in [6.07, 6.45) is 2.26. The van der Waals surface area contributed by atoms with Crippen LogP contribution in [0, 0.1) is 0 Å². The quantitative estimate of drug-likeness (QED) is 0.331. The van der Waals surface area contributed by atoms with E-state index in [4.69, 9.17) is 0 Å². The van der Waals surface area contributed by atoms with Crippen molar-refractivity contribution in [2.45, 2.75) is 13.8 Å². The molecule has 3 heteroatoms. The number of ether oxygens (including phenoxy) is 1. The maximum absolute atomic E-state index is 10.2. The van der Waals surface area contributed by atoms with Crippen LogP contribution in [0.5, 0.6) is 0 Å². The van der Waals surface area contributed by atoms with Crippen molar-refractivity contribution in [3.63, 3.8) is 0 Å². The van der Waals surface area contributed by atoms with Crippen molar-refractivity contribution < 1.29 is 14.3 Å². The largest absolute Gasteiger partial charge is 0.462 e. The lowest BCUT2D eigenvalue weighted by atomic mass is 10.3. The van der Waals surface area contributed by atoms with Crippen molar-refractivity contribution in [1.29, 1.82) is 0 Å². The maximum atomic E-state index is 10.2. The van der Waals surface area contributed by atoms with E-state index in [1.54, 1.807) is 13.0 Å². The molecule has 0 saturated heterocycles. The molecule has 0 amide bonds. The second-order valence-electron chi connectivity index (χ2n) is 1.87. The van der Waals surface area contributed by atoms with Crippen molar-refractivity contribution in [1.82, 2.24) is 0 Å². The molecule has 0 aromatic heterocycles. The second kappa shape index (κ2) is 4.73. The smallest absolute Gasteiger partial charge is 0.302 e. The fourth-order valence-electron chi connectivity index (χ4n) is 0.339. The highest BCUT2D eigenvalue weighted by atomic mass is 16.5. The van der Waals surface area contributed by atoms with Crippen molar-refractivity contribution in [2.75, 3.05) is 6.61 Å². The van der Waals surface area contributed by atoms with Crippen molar-refractivity contribution in [2.24, 2.45) is 0 Å². The number of carbonyl (C=O) groups excluding carboxylic acids is 2. The number of hydrogen-bond donors (Lipinski definition) is 0. The Morgan fingerprint density at radius 3 is 2.50 bits per heavy atom. The number of carbonyl (C=O) groups is 2. The van der Waals surface area contributed by atoms with Crippen LogP contribution in [0.4, 0.5) is 0 Å². The Bertz CT molecular complexity index is 158. The molecule has 10 heavy (non-hydrogen) atoms. The minimum absolute atomic E-state index is 0.180. The van der Waals surface area contributed by atoms with Gasteiger partial charge in [0.05, 0.1) is 0 Å². The highest BCUT2D eigenvalue weighted by Crippen LogP contribution is 1.86. The zero-order valence-corrected chi connectivity index (χ0v) is 6.09. The van der Waals surface area contributed by atoms with Crippen LogP contribution in [0.2, 0.25) is 0 Å². The van der Waals surface area contributed by atoms with Gasteiger partial charge in [0.1, 0.15) is 12.9 Å². The minimum atomic E-state index is -0.338. The Hall–Kier alpha value is -1.12. The number of aldehydes is 1. The standard InChI is InChI=1S/C7H10O3/c1-6(5-8)3-4-10-7(2)9/h3,5H,4H2,1-2H3/b6-3+. The monoisotopic (exact) mass is 142 g/mol. The van der Waals surface area contributed by atoms with E-state index in [0.29, 0.717) is 11.9 Å². The summed E-state index contributed by atoms with van der Waals surface area (Å²) in [6.45, 7) is 3.15. The lowest BCUT2D eigenvalue weighted by molar-refractivity contribution is -0.139. The average molecular weight is 142 g/mol. The van der Waals surface area contributed by atoms with Crippen LogP contribution >= 0.6 is 0 Å². The Kier molecular flexibility index (Phi) is 4.20. The normalized spacial score (nSPS) is 10.8. The van der Waals surface area contributed by atoms with E-state index in [2.05, 4.69) is 4.74 Å². The summed E-state index contributed by atoms with van der Waals surface area (Å²) in [4.78, 5) is 20.1. The molecule has 0 atom stereocenters. The molecule has 0 saturated carbocycles. The van der Waals surface area contributed by atoms with E-state index >= 15 is 0 Å². The van der Waals surface area contributed by atoms with Crippen LogP contribution in [0.1, 0.15) is 13.8 Å². The fourth-order valence-corrected chi connectivity index (χ4v) is 0.339. The van der Waals surface area contributed by atoms with Gasteiger partial charge >= 0.3 is 5.97 Å². The summed E-state index contributed by atoms with van der Waals surface area (Å²) in [5, 5.41) is 0. The van der Waals surface area contributed by atoms with Crippen LogP contribution in [0.3, 0.4) is 0 Å². The van der Waals surface area contributed by atoms with Gasteiger partial charge in [-0.1, -0.05) is 0 Å². The molecule has 0 aliphatic rings. The first-order valence-electron chi connectivity index (χ1n) is 2.92. The summed E-state index contributed by atoms with van der Waals surface area (Å²) in [6, 6.07) is 0. The first-order chi connectivity index (χ1) is 4.66. The Labute approximate surface area is 59.7 Å². The van der Waals surface area contributed by atoms with Crippen LogP contribution in [-0.2, 0) is 14.3 Å². The topological polar surface area (TPSA) is 43.4 Å². The Morgan fingerprint density at radius 1 is 1.50 bits per heavy atom. The third-order valence-corrected chi connectivity index (χ3v) is 0.878. The van der Waals surface area contributed by atoms with E-state index < -0.39 is 0 Å². The molecule has 3 nitrogen and oxygen atoms in total. The molecule has 0 aromatic carbocycles. The lowest BCUT2D eigenvalue weighted by Crippen LogP contribution is -1.98. The lowest BCUT2D eigenvalue weighted by Gasteiger charge is -1.94. The van der Waals surface area contributed by atoms with Gasteiger partial charge in [0, 0.05) is 6.92 Å². The van der Waals surface area contributed by atoms with Crippen LogP contribution in [-0.4, -0.2) is 18.9 Å². The van der Waals surface area contributed by atoms with Crippen molar-refractivity contribution >= 4 is 12.3 Å². The summed E-state index contributed by atoms with van der Waals surface area (Å²) >= 11 is 0. The maximum Gasteiger partial charge on any atom is 0.302 e. The first kappa shape index (κ1) is 8.88. The van der Waals surface area contributed by atoms with E-state index in [1.807, 2.05) is 0 Å². The number of hydrogen-bond acceptors (Lipinski definition) is 3. The van der Waals surface area contributed by atoms with Gasteiger partial charge < -0.3 is 4.74 Å². The molecular weight excluding hydrogens is 132 g/mol. The number of esters is 1. The molecule has 0 aromatic rings. The van der Waals surface area contributed by atoms with Gasteiger partial charge in [0.2, 0.25) is 0 Å². The van der Waals surface area contributed by atoms with E-state index in [0.717, 1.165) is 0 Å². The zero-order chi connectivity index (χ0) is 7.98. The molecule has 0 N–H and O–H groups in total. The Balaban J connectivity index is 3.52. The summed E-state index contributed by atoms with van der Waals surface area (Å²) in [7, 11) is 0. The fraction of sp³-hybridized carbons (Fsp3) is 0.429. The third kappa shape index (κ3) is 5.03. The predicted octanol–water partition coefficient (Wildman–Crippen LogP) is 0.695. The van der Waals surface area contributed by atoms with Gasteiger partial charge in [0.15, 0.2) is 0 Å². The molecule has 56 valence electrons. The van der Waals surface area contributed by atoms with Gasteiger partial charge in [-0.15, -0.1) is 0 Å². The molecule has 0 spiro atoms. The Morgan fingerprint density at radius 2 is 2.10 bits per heavy atom.